The van der Waals surface area contributed by atoms with E-state index < -0.39 is 15.9 Å². The number of hydrogen-bond donors (Lipinski definition) is 1. The van der Waals surface area contributed by atoms with Crippen LogP contribution in [0.1, 0.15) is 6.92 Å². The molecule has 0 saturated heterocycles. The maximum atomic E-state index is 12.7. The lowest BCUT2D eigenvalue weighted by Gasteiger charge is -2.25. The van der Waals surface area contributed by atoms with Crippen LogP contribution in [-0.4, -0.2) is 39.8 Å². The van der Waals surface area contributed by atoms with Gasteiger partial charge in [-0.05, 0) is 55.5 Å². The van der Waals surface area contributed by atoms with Gasteiger partial charge in [0.15, 0.2) is 11.5 Å². The van der Waals surface area contributed by atoms with E-state index in [1.807, 2.05) is 30.3 Å². The maximum Gasteiger partial charge on any atom is 0.245 e. The summed E-state index contributed by atoms with van der Waals surface area (Å²) in [6.45, 7) is 1.96. The molecule has 3 aromatic rings. The summed E-state index contributed by atoms with van der Waals surface area (Å²) in [4.78, 5) is 12.7. The van der Waals surface area contributed by atoms with Crippen LogP contribution in [0.5, 0.6) is 23.0 Å². The minimum atomic E-state index is -3.71. The van der Waals surface area contributed by atoms with Crippen LogP contribution in [0.15, 0.2) is 72.8 Å². The first-order chi connectivity index (χ1) is 15.9. The zero-order valence-corrected chi connectivity index (χ0v) is 18.9. The quantitative estimate of drug-likeness (QED) is 0.536. The molecule has 0 radical (unpaired) electrons. The number of para-hydroxylation sites is 1. The van der Waals surface area contributed by atoms with E-state index in [-0.39, 0.29) is 12.3 Å². The molecule has 0 aromatic heterocycles. The van der Waals surface area contributed by atoms with Crippen molar-refractivity contribution in [3.8, 4) is 23.0 Å². The number of fused-ring (bicyclic) bond motifs is 1. The molecular formula is C24H24N2O6S. The molecule has 1 heterocycles. The highest BCUT2D eigenvalue weighted by atomic mass is 32.2. The van der Waals surface area contributed by atoms with Crippen LogP contribution >= 0.6 is 0 Å². The van der Waals surface area contributed by atoms with Gasteiger partial charge in [-0.3, -0.25) is 9.10 Å². The summed E-state index contributed by atoms with van der Waals surface area (Å²) in [6.07, 6.45) is 0. The zero-order chi connectivity index (χ0) is 23.3. The molecule has 1 amide bonds. The van der Waals surface area contributed by atoms with Gasteiger partial charge in [0.1, 0.15) is 31.3 Å². The van der Waals surface area contributed by atoms with Crippen molar-refractivity contribution in [1.29, 1.82) is 0 Å². The van der Waals surface area contributed by atoms with E-state index in [0.29, 0.717) is 47.6 Å². The largest absolute Gasteiger partial charge is 0.486 e. The van der Waals surface area contributed by atoms with Gasteiger partial charge in [-0.25, -0.2) is 8.42 Å². The van der Waals surface area contributed by atoms with Crippen LogP contribution in [0.2, 0.25) is 0 Å². The number of carbonyl (C=O) groups excluding carboxylic acids is 1. The first-order valence-electron chi connectivity index (χ1n) is 10.5. The third-order valence-corrected chi connectivity index (χ3v) is 6.66. The molecule has 8 nitrogen and oxygen atoms in total. The number of anilines is 2. The Bertz CT molecular complexity index is 1210. The molecular weight excluding hydrogens is 444 g/mol. The van der Waals surface area contributed by atoms with Crippen molar-refractivity contribution in [3.05, 3.63) is 72.8 Å². The smallest absolute Gasteiger partial charge is 0.245 e. The third kappa shape index (κ3) is 5.56. The second kappa shape index (κ2) is 9.83. The predicted molar refractivity (Wildman–Crippen MR) is 126 cm³/mol. The highest BCUT2D eigenvalue weighted by Gasteiger charge is 2.25. The molecule has 1 N–H and O–H groups in total. The van der Waals surface area contributed by atoms with Crippen molar-refractivity contribution in [3.63, 3.8) is 0 Å². The van der Waals surface area contributed by atoms with Gasteiger partial charge in [-0.2, -0.15) is 0 Å². The minimum Gasteiger partial charge on any atom is -0.486 e. The number of sulfonamides is 1. The van der Waals surface area contributed by atoms with Gasteiger partial charge in [-0.15, -0.1) is 0 Å². The van der Waals surface area contributed by atoms with Gasteiger partial charge in [0.2, 0.25) is 15.9 Å². The van der Waals surface area contributed by atoms with Crippen LogP contribution in [-0.2, 0) is 14.8 Å². The van der Waals surface area contributed by atoms with Crippen LogP contribution in [0, 0.1) is 0 Å². The van der Waals surface area contributed by atoms with Gasteiger partial charge in [0, 0.05) is 11.8 Å². The Balaban J connectivity index is 1.46. The fourth-order valence-corrected chi connectivity index (χ4v) is 4.32. The Morgan fingerprint density at radius 2 is 1.61 bits per heavy atom. The zero-order valence-electron chi connectivity index (χ0n) is 18.1. The molecule has 0 unspecified atom stereocenters. The van der Waals surface area contributed by atoms with E-state index in [9.17, 15) is 13.2 Å². The number of nitrogens with zero attached hydrogens (tertiary/aromatic N) is 1. The second-order valence-corrected chi connectivity index (χ2v) is 9.40. The van der Waals surface area contributed by atoms with Gasteiger partial charge < -0.3 is 19.5 Å². The van der Waals surface area contributed by atoms with E-state index >= 15 is 0 Å². The Kier molecular flexibility index (Phi) is 6.69. The van der Waals surface area contributed by atoms with E-state index in [0.717, 1.165) is 4.31 Å². The number of carbonyl (C=O) groups is 1. The lowest BCUT2D eigenvalue weighted by atomic mass is 10.2. The summed E-state index contributed by atoms with van der Waals surface area (Å²) < 4.78 is 43.3. The summed E-state index contributed by atoms with van der Waals surface area (Å²) in [5.41, 5.74) is 0.860. The van der Waals surface area contributed by atoms with Crippen molar-refractivity contribution >= 4 is 27.3 Å². The highest BCUT2D eigenvalue weighted by molar-refractivity contribution is 7.92. The number of rotatable bonds is 8. The summed E-state index contributed by atoms with van der Waals surface area (Å²) in [5, 5.41) is 2.74. The standard InChI is InChI=1S/C24H24N2O6S/c1-2-33(28,29)26(19-10-13-22-23(16-19)31-15-14-30-22)17-24(27)25-18-8-11-21(12-9-18)32-20-6-4-3-5-7-20/h3-13,16H,2,14-15,17H2,1H3,(H,25,27). The molecule has 4 rings (SSSR count). The average molecular weight is 469 g/mol. The summed E-state index contributed by atoms with van der Waals surface area (Å²) >= 11 is 0. The summed E-state index contributed by atoms with van der Waals surface area (Å²) in [6, 6.07) is 21.0. The molecule has 1 aliphatic rings. The molecule has 0 spiro atoms. The number of hydrogen-bond acceptors (Lipinski definition) is 6. The molecule has 1 aliphatic heterocycles. The topological polar surface area (TPSA) is 94.2 Å². The van der Waals surface area contributed by atoms with E-state index in [1.165, 1.54) is 6.92 Å². The summed E-state index contributed by atoms with van der Waals surface area (Å²) in [7, 11) is -3.71. The van der Waals surface area contributed by atoms with Crippen molar-refractivity contribution < 1.29 is 27.4 Å². The Labute approximate surface area is 192 Å². The molecule has 172 valence electrons. The number of benzene rings is 3. The fraction of sp³-hybridized carbons (Fsp3) is 0.208. The molecule has 0 atom stereocenters. The second-order valence-electron chi connectivity index (χ2n) is 7.22. The molecule has 0 bridgehead atoms. The first kappa shape index (κ1) is 22.5. The molecule has 9 heteroatoms. The van der Waals surface area contributed by atoms with Crippen LogP contribution in [0.25, 0.3) is 0 Å². The monoisotopic (exact) mass is 468 g/mol. The normalized spacial score (nSPS) is 12.6. The number of ether oxygens (including phenoxy) is 3. The van der Waals surface area contributed by atoms with Gasteiger partial charge in [0.25, 0.3) is 0 Å². The molecule has 0 aliphatic carbocycles. The molecule has 0 saturated carbocycles. The highest BCUT2D eigenvalue weighted by Crippen LogP contribution is 2.35. The predicted octanol–water partition coefficient (Wildman–Crippen LogP) is 4.04. The van der Waals surface area contributed by atoms with Crippen LogP contribution in [0.3, 0.4) is 0 Å². The van der Waals surface area contributed by atoms with Crippen LogP contribution < -0.4 is 23.8 Å². The number of nitrogens with one attached hydrogen (secondary N) is 1. The summed E-state index contributed by atoms with van der Waals surface area (Å²) in [5.74, 6) is 1.68. The van der Waals surface area contributed by atoms with E-state index in [4.69, 9.17) is 14.2 Å². The van der Waals surface area contributed by atoms with Gasteiger partial charge >= 0.3 is 0 Å². The number of amides is 1. The van der Waals surface area contributed by atoms with Gasteiger partial charge in [-0.1, -0.05) is 18.2 Å². The lowest BCUT2D eigenvalue weighted by Crippen LogP contribution is -2.39. The van der Waals surface area contributed by atoms with E-state index in [2.05, 4.69) is 5.32 Å². The van der Waals surface area contributed by atoms with Crippen molar-refractivity contribution in [2.24, 2.45) is 0 Å². The molecule has 3 aromatic carbocycles. The van der Waals surface area contributed by atoms with E-state index in [1.54, 1.807) is 42.5 Å². The first-order valence-corrected chi connectivity index (χ1v) is 12.1. The van der Waals surface area contributed by atoms with Crippen LogP contribution in [0.4, 0.5) is 11.4 Å². The van der Waals surface area contributed by atoms with Crippen molar-refractivity contribution in [2.45, 2.75) is 6.92 Å². The fourth-order valence-electron chi connectivity index (χ4n) is 3.26. The van der Waals surface area contributed by atoms with Gasteiger partial charge in [0.05, 0.1) is 11.4 Å². The SMILES string of the molecule is CCS(=O)(=O)N(CC(=O)Nc1ccc(Oc2ccccc2)cc1)c1ccc2c(c1)OCCO2. The average Bonchev–Trinajstić information content (AvgIpc) is 2.84. The molecule has 0 fully saturated rings. The maximum absolute atomic E-state index is 12.7. The van der Waals surface area contributed by atoms with Crippen molar-refractivity contribution in [1.82, 2.24) is 0 Å². The minimum absolute atomic E-state index is 0.153. The van der Waals surface area contributed by atoms with Crippen molar-refractivity contribution in [2.75, 3.05) is 35.1 Å². The lowest BCUT2D eigenvalue weighted by molar-refractivity contribution is -0.114. The Morgan fingerprint density at radius 1 is 0.939 bits per heavy atom. The Hall–Kier alpha value is -3.72. The molecule has 33 heavy (non-hydrogen) atoms. The third-order valence-electron chi connectivity index (χ3n) is 4.92. The Morgan fingerprint density at radius 3 is 2.30 bits per heavy atom.